The molecule has 0 heterocycles. The largest absolute Gasteiger partial charge is 0.507 e. The molecule has 0 aromatic heterocycles. The number of rotatable bonds is 3. The van der Waals surface area contributed by atoms with Crippen LogP contribution in [0.1, 0.15) is 22.3 Å². The molecule has 2 saturated carbocycles. The Balaban J connectivity index is 1.66. The van der Waals surface area contributed by atoms with Gasteiger partial charge in [0.15, 0.2) is 46.3 Å². The molecule has 0 radical (unpaired) electrons. The van der Waals surface area contributed by atoms with Crippen molar-refractivity contribution >= 4 is 29.0 Å². The summed E-state index contributed by atoms with van der Waals surface area (Å²) in [5.74, 6) is -13.8. The summed E-state index contributed by atoms with van der Waals surface area (Å²) >= 11 is 0. The number of amides is 1. The minimum Gasteiger partial charge on any atom is -0.507 e. The minimum absolute atomic E-state index is 0.00850. The Morgan fingerprint density at radius 1 is 1.05 bits per heavy atom. The molecule has 3 aliphatic rings. The number of Topliss-reactive ketones (excluding diaryl/α,β-unsaturated/α-hetero) is 4. The molecule has 0 spiro atoms. The van der Waals surface area contributed by atoms with Crippen molar-refractivity contribution in [2.45, 2.75) is 24.5 Å². The second kappa shape index (κ2) is 8.60. The maximum Gasteiger partial charge on any atom is 0.235 e. The molecule has 2 aromatic rings. The van der Waals surface area contributed by atoms with Gasteiger partial charge in [0.1, 0.15) is 5.75 Å². The standard InChI is InChI=1S/C27H24F2N2O7/c1-31(2)21-14-8-11-7-13-12(10-3-5-15(28)16(29)9-10)4-6-17(32)19(13)22(33)18(11)24(35)27(14,38)25(36)20(23(21)34)26(30)37/h3-6,9,11,14,18,20-21,32,38H,7-8H2,1-2H3,(H2,30,37)/t11-,14-,18?,20?,21-,27-/m0/s1. The fourth-order valence-electron chi connectivity index (χ4n) is 6.54. The highest BCUT2D eigenvalue weighted by atomic mass is 19.2. The molecule has 2 aromatic carbocycles. The van der Waals surface area contributed by atoms with Crippen molar-refractivity contribution in [2.75, 3.05) is 14.1 Å². The highest BCUT2D eigenvalue weighted by Gasteiger charge is 2.69. The van der Waals surface area contributed by atoms with Crippen LogP contribution in [0.5, 0.6) is 5.75 Å². The number of carbonyl (C=O) groups excluding carboxylic acids is 5. The fraction of sp³-hybridized carbons (Fsp3) is 0.370. The Bertz CT molecular complexity index is 1460. The number of fused-ring (bicyclic) bond motifs is 3. The fourth-order valence-corrected chi connectivity index (χ4v) is 6.54. The van der Waals surface area contributed by atoms with Crippen LogP contribution in [-0.2, 0) is 25.6 Å². The third-order valence-corrected chi connectivity index (χ3v) is 8.18. The number of ketones is 4. The molecule has 6 atom stereocenters. The van der Waals surface area contributed by atoms with Crippen LogP contribution in [0.15, 0.2) is 30.3 Å². The number of nitrogens with two attached hydrogens (primary N) is 1. The van der Waals surface area contributed by atoms with E-state index in [1.807, 2.05) is 0 Å². The molecule has 9 nitrogen and oxygen atoms in total. The van der Waals surface area contributed by atoms with Crippen molar-refractivity contribution in [3.8, 4) is 16.9 Å². The van der Waals surface area contributed by atoms with Gasteiger partial charge >= 0.3 is 0 Å². The SMILES string of the molecule is CN(C)[C@@H]1C(=O)C(C(N)=O)C(=O)[C@@]2(O)C(=O)C3C(=O)c4c(O)ccc(-c5ccc(F)c(F)c5)c4C[C@H]3C[C@@H]12. The molecule has 11 heteroatoms. The predicted octanol–water partition coefficient (Wildman–Crippen LogP) is 0.812. The van der Waals surface area contributed by atoms with Gasteiger partial charge in [0, 0.05) is 5.92 Å². The molecule has 0 aliphatic heterocycles. The second-order valence-electron chi connectivity index (χ2n) is 10.4. The predicted molar refractivity (Wildman–Crippen MR) is 127 cm³/mol. The van der Waals surface area contributed by atoms with Gasteiger partial charge < -0.3 is 15.9 Å². The van der Waals surface area contributed by atoms with Gasteiger partial charge in [-0.1, -0.05) is 12.1 Å². The van der Waals surface area contributed by atoms with E-state index in [0.717, 1.165) is 12.1 Å². The van der Waals surface area contributed by atoms with Gasteiger partial charge in [0.25, 0.3) is 0 Å². The highest BCUT2D eigenvalue weighted by molar-refractivity contribution is 6.32. The third kappa shape index (κ3) is 3.38. The Labute approximate surface area is 215 Å². The van der Waals surface area contributed by atoms with E-state index in [1.165, 1.54) is 37.2 Å². The first-order chi connectivity index (χ1) is 17.8. The van der Waals surface area contributed by atoms with E-state index in [1.54, 1.807) is 0 Å². The Morgan fingerprint density at radius 3 is 2.34 bits per heavy atom. The lowest BCUT2D eigenvalue weighted by Gasteiger charge is -2.52. The van der Waals surface area contributed by atoms with E-state index in [2.05, 4.69) is 0 Å². The van der Waals surface area contributed by atoms with Crippen LogP contribution < -0.4 is 5.73 Å². The average Bonchev–Trinajstić information content (AvgIpc) is 2.83. The zero-order valence-electron chi connectivity index (χ0n) is 20.4. The van der Waals surface area contributed by atoms with E-state index in [-0.39, 0.29) is 24.0 Å². The minimum atomic E-state index is -2.82. The van der Waals surface area contributed by atoms with Gasteiger partial charge in [-0.15, -0.1) is 0 Å². The summed E-state index contributed by atoms with van der Waals surface area (Å²) in [6.07, 6.45) is -0.106. The van der Waals surface area contributed by atoms with Crippen LogP contribution in [0.4, 0.5) is 8.78 Å². The molecule has 3 aliphatic carbocycles. The lowest BCUT2D eigenvalue weighted by molar-refractivity contribution is -0.181. The van der Waals surface area contributed by atoms with Crippen LogP contribution in [-0.4, -0.2) is 69.9 Å². The molecule has 2 unspecified atom stereocenters. The van der Waals surface area contributed by atoms with Crippen molar-refractivity contribution in [1.29, 1.82) is 0 Å². The zero-order chi connectivity index (χ0) is 27.8. The summed E-state index contributed by atoms with van der Waals surface area (Å²) in [7, 11) is 2.99. The molecule has 0 saturated heterocycles. The number of carbonyl (C=O) groups is 5. The summed E-state index contributed by atoms with van der Waals surface area (Å²) in [6.45, 7) is 0. The molecule has 38 heavy (non-hydrogen) atoms. The average molecular weight is 526 g/mol. The topological polar surface area (TPSA) is 155 Å². The second-order valence-corrected chi connectivity index (χ2v) is 10.4. The number of hydrogen-bond donors (Lipinski definition) is 3. The number of primary amides is 1. The summed E-state index contributed by atoms with van der Waals surface area (Å²) in [6, 6.07) is 4.62. The van der Waals surface area contributed by atoms with Crippen molar-refractivity contribution < 1.29 is 43.0 Å². The number of aliphatic hydroxyl groups is 1. The lowest BCUT2D eigenvalue weighted by atomic mass is 9.52. The number of hydrogen-bond acceptors (Lipinski definition) is 8. The van der Waals surface area contributed by atoms with Crippen molar-refractivity contribution in [3.05, 3.63) is 53.1 Å². The maximum atomic E-state index is 14.0. The quantitative estimate of drug-likeness (QED) is 0.497. The van der Waals surface area contributed by atoms with Crippen molar-refractivity contribution in [1.82, 2.24) is 4.90 Å². The number of phenols is 1. The Morgan fingerprint density at radius 2 is 1.74 bits per heavy atom. The van der Waals surface area contributed by atoms with Crippen LogP contribution in [0.3, 0.4) is 0 Å². The molecule has 0 bridgehead atoms. The summed E-state index contributed by atoms with van der Waals surface area (Å²) < 4.78 is 27.6. The van der Waals surface area contributed by atoms with Gasteiger partial charge in [0.2, 0.25) is 5.91 Å². The van der Waals surface area contributed by atoms with Crippen LogP contribution in [0.25, 0.3) is 11.1 Å². The van der Waals surface area contributed by atoms with Crippen molar-refractivity contribution in [2.24, 2.45) is 29.4 Å². The number of halogens is 2. The van der Waals surface area contributed by atoms with E-state index in [4.69, 9.17) is 5.73 Å². The van der Waals surface area contributed by atoms with E-state index in [9.17, 15) is 43.0 Å². The number of phenolic OH excluding ortho intramolecular Hbond substituents is 1. The van der Waals surface area contributed by atoms with E-state index < -0.39 is 81.7 Å². The van der Waals surface area contributed by atoms with Gasteiger partial charge in [-0.3, -0.25) is 28.9 Å². The number of benzene rings is 2. The molecule has 1 amide bonds. The molecule has 5 rings (SSSR count). The smallest absolute Gasteiger partial charge is 0.235 e. The number of nitrogens with zero attached hydrogens (tertiary/aromatic N) is 1. The summed E-state index contributed by atoms with van der Waals surface area (Å²) in [5.41, 5.74) is 3.13. The van der Waals surface area contributed by atoms with Gasteiger partial charge in [-0.2, -0.15) is 0 Å². The third-order valence-electron chi connectivity index (χ3n) is 8.18. The first-order valence-electron chi connectivity index (χ1n) is 12.0. The summed E-state index contributed by atoms with van der Waals surface area (Å²) in [5, 5.41) is 22.1. The molecular formula is C27H24F2N2O7. The molecule has 198 valence electrons. The molecule has 4 N–H and O–H groups in total. The first-order valence-corrected chi connectivity index (χ1v) is 12.0. The Kier molecular flexibility index (Phi) is 5.84. The normalized spacial score (nSPS) is 30.6. The van der Waals surface area contributed by atoms with Gasteiger partial charge in [-0.25, -0.2) is 8.78 Å². The Hall–Kier alpha value is -3.83. The van der Waals surface area contributed by atoms with Crippen LogP contribution in [0, 0.1) is 35.3 Å². The van der Waals surface area contributed by atoms with Crippen molar-refractivity contribution in [3.63, 3.8) is 0 Å². The molecule has 2 fully saturated rings. The summed E-state index contributed by atoms with van der Waals surface area (Å²) in [4.78, 5) is 67.3. The van der Waals surface area contributed by atoms with Crippen LogP contribution >= 0.6 is 0 Å². The maximum absolute atomic E-state index is 14.0. The monoisotopic (exact) mass is 526 g/mol. The number of aromatic hydroxyl groups is 1. The van der Waals surface area contributed by atoms with E-state index >= 15 is 0 Å². The lowest BCUT2D eigenvalue weighted by Crippen LogP contribution is -2.74. The number of likely N-dealkylation sites (N-methyl/N-ethyl adjacent to an activating group) is 1. The van der Waals surface area contributed by atoms with Crippen LogP contribution in [0.2, 0.25) is 0 Å². The first kappa shape index (κ1) is 25.8. The zero-order valence-corrected chi connectivity index (χ0v) is 20.4. The molecular weight excluding hydrogens is 502 g/mol. The van der Waals surface area contributed by atoms with Gasteiger partial charge in [0.05, 0.1) is 17.5 Å². The van der Waals surface area contributed by atoms with E-state index in [0.29, 0.717) is 11.1 Å². The highest BCUT2D eigenvalue weighted by Crippen LogP contribution is 2.51. The van der Waals surface area contributed by atoms with Gasteiger partial charge in [-0.05, 0) is 67.7 Å².